The quantitative estimate of drug-likeness (QED) is 0.354. The number of pyridine rings is 1. The molecule has 4 aliphatic heterocycles. The first kappa shape index (κ1) is 40.2. The highest BCUT2D eigenvalue weighted by atomic mass is 35.5. The van der Waals surface area contributed by atoms with E-state index in [1.54, 1.807) is 42.7 Å². The molecule has 52 heavy (non-hydrogen) atoms. The smallest absolute Gasteiger partial charge is 0.261 e. The molecule has 286 valence electrons. The third kappa shape index (κ3) is 10.4. The molecule has 7 rings (SSSR count). The summed E-state index contributed by atoms with van der Waals surface area (Å²) in [5.74, 6) is -0.223. The summed E-state index contributed by atoms with van der Waals surface area (Å²) in [5, 5.41) is 2.21. The lowest BCUT2D eigenvalue weighted by atomic mass is 9.91. The van der Waals surface area contributed by atoms with E-state index in [2.05, 4.69) is 14.8 Å². The number of anilines is 1. The molecule has 3 aromatic rings. The van der Waals surface area contributed by atoms with Gasteiger partial charge in [0.1, 0.15) is 0 Å². The number of benzene rings is 2. The van der Waals surface area contributed by atoms with Gasteiger partial charge in [0.2, 0.25) is 15.9 Å². The van der Waals surface area contributed by atoms with Crippen LogP contribution in [0.4, 0.5) is 5.69 Å². The van der Waals surface area contributed by atoms with E-state index >= 15 is 0 Å². The van der Waals surface area contributed by atoms with Gasteiger partial charge in [-0.3, -0.25) is 23.8 Å². The van der Waals surface area contributed by atoms with Crippen LogP contribution in [-0.4, -0.2) is 149 Å². The Hall–Kier alpha value is -2.98. The molecule has 4 saturated heterocycles. The van der Waals surface area contributed by atoms with Crippen molar-refractivity contribution in [3.05, 3.63) is 65.9 Å². The molecule has 2 aromatic carbocycles. The van der Waals surface area contributed by atoms with E-state index in [1.807, 2.05) is 23.1 Å². The Labute approximate surface area is 308 Å². The second-order valence-corrected chi connectivity index (χ2v) is 18.5. The predicted molar refractivity (Wildman–Crippen MR) is 194 cm³/mol. The van der Waals surface area contributed by atoms with Gasteiger partial charge in [0.05, 0.1) is 55.9 Å². The number of rotatable bonds is 5. The van der Waals surface area contributed by atoms with Crippen LogP contribution in [0.5, 0.6) is 0 Å². The van der Waals surface area contributed by atoms with E-state index in [4.69, 9.17) is 30.2 Å². The second-order valence-electron chi connectivity index (χ2n) is 13.2. The summed E-state index contributed by atoms with van der Waals surface area (Å²) in [5.41, 5.74) is -0.499. The largest absolute Gasteiger partial charge is 0.379 e. The summed E-state index contributed by atoms with van der Waals surface area (Å²) in [7, 11) is -11.3. The normalized spacial score (nSPS) is 22.7. The van der Waals surface area contributed by atoms with Gasteiger partial charge < -0.3 is 19.3 Å². The summed E-state index contributed by atoms with van der Waals surface area (Å²) in [6.07, 6.45) is 6.50. The molecule has 1 amide bonds. The molecule has 2 N–H and O–H groups in total. The number of sulfonamides is 1. The summed E-state index contributed by atoms with van der Waals surface area (Å²) in [6, 6.07) is 14.4. The van der Waals surface area contributed by atoms with Crippen LogP contribution in [0, 0.1) is 0 Å². The van der Waals surface area contributed by atoms with Crippen LogP contribution >= 0.6 is 11.6 Å². The molecule has 1 spiro atoms. The van der Waals surface area contributed by atoms with Crippen molar-refractivity contribution in [1.29, 1.82) is 0 Å². The minimum Gasteiger partial charge on any atom is -0.379 e. The van der Waals surface area contributed by atoms with Crippen molar-refractivity contribution >= 4 is 64.2 Å². The fourth-order valence-electron chi connectivity index (χ4n) is 6.86. The lowest BCUT2D eigenvalue weighted by Gasteiger charge is -2.47. The summed E-state index contributed by atoms with van der Waals surface area (Å²) >= 11 is 6.13. The van der Waals surface area contributed by atoms with Gasteiger partial charge >= 0.3 is 0 Å². The lowest BCUT2D eigenvalue weighted by molar-refractivity contribution is -0.187. The van der Waals surface area contributed by atoms with Crippen LogP contribution in [0.2, 0.25) is 5.02 Å². The minimum atomic E-state index is -3.99. The van der Waals surface area contributed by atoms with Gasteiger partial charge in [0.25, 0.3) is 20.2 Å². The zero-order valence-electron chi connectivity index (χ0n) is 28.7. The number of hydrogen-bond acceptors (Lipinski definition) is 12. The van der Waals surface area contributed by atoms with E-state index in [9.17, 15) is 30.0 Å². The number of carbonyl (C=O) groups excluding carboxylic acids is 1. The Balaban J connectivity index is 0.000000464. The van der Waals surface area contributed by atoms with Crippen molar-refractivity contribution in [3.63, 3.8) is 0 Å². The number of carbonyl (C=O) groups is 1. The third-order valence-corrected chi connectivity index (χ3v) is 11.1. The van der Waals surface area contributed by atoms with E-state index in [0.29, 0.717) is 56.9 Å². The SMILES string of the molecule is CS(=O)(=O)O.CS(=O)(=O)O.O=C1CN(S(=O)(=O)c2ccc3cc(Cl)ccc3c2)CC2(CN3CCOCC3)OC3(CCN(c4ccncc4)CC3)CN12. The highest BCUT2D eigenvalue weighted by Gasteiger charge is 2.61. The number of fused-ring (bicyclic) bond motifs is 2. The number of aromatic nitrogens is 1. The number of piperidine rings is 1. The highest BCUT2D eigenvalue weighted by molar-refractivity contribution is 7.89. The monoisotopic (exact) mass is 803 g/mol. The van der Waals surface area contributed by atoms with Crippen molar-refractivity contribution < 1.29 is 48.6 Å². The van der Waals surface area contributed by atoms with Crippen molar-refractivity contribution in [3.8, 4) is 0 Å². The maximum atomic E-state index is 14.1. The van der Waals surface area contributed by atoms with Gasteiger partial charge in [-0.15, -0.1) is 0 Å². The number of ether oxygens (including phenoxy) is 2. The maximum absolute atomic E-state index is 14.1. The molecule has 5 heterocycles. The topological polar surface area (TPSA) is 204 Å². The van der Waals surface area contributed by atoms with Crippen LogP contribution in [0.1, 0.15) is 12.8 Å². The molecular formula is C32H42ClN5O11S3. The number of nitrogens with zero attached hydrogens (tertiary/aromatic N) is 5. The zero-order chi connectivity index (χ0) is 38.0. The number of morpholine rings is 1. The number of halogens is 1. The molecule has 1 atom stereocenters. The number of piperazine rings is 1. The van der Waals surface area contributed by atoms with Crippen LogP contribution in [0.3, 0.4) is 0 Å². The second kappa shape index (κ2) is 15.8. The van der Waals surface area contributed by atoms with Crippen LogP contribution in [-0.2, 0) is 44.5 Å². The van der Waals surface area contributed by atoms with E-state index in [0.717, 1.165) is 42.4 Å². The molecule has 1 unspecified atom stereocenters. The van der Waals surface area contributed by atoms with Crippen molar-refractivity contribution in [1.82, 2.24) is 19.1 Å². The van der Waals surface area contributed by atoms with Crippen molar-refractivity contribution in [2.24, 2.45) is 0 Å². The fourth-order valence-corrected chi connectivity index (χ4v) is 8.51. The van der Waals surface area contributed by atoms with E-state index in [1.165, 1.54) is 4.31 Å². The van der Waals surface area contributed by atoms with Gasteiger partial charge in [-0.2, -0.15) is 21.1 Å². The molecule has 0 aliphatic carbocycles. The molecule has 0 radical (unpaired) electrons. The van der Waals surface area contributed by atoms with Gasteiger partial charge in [0.15, 0.2) is 5.72 Å². The first-order chi connectivity index (χ1) is 24.3. The van der Waals surface area contributed by atoms with Gasteiger partial charge in [-0.25, -0.2) is 8.42 Å². The lowest BCUT2D eigenvalue weighted by Crippen LogP contribution is -2.67. The van der Waals surface area contributed by atoms with Crippen LogP contribution in [0.25, 0.3) is 10.8 Å². The first-order valence-electron chi connectivity index (χ1n) is 16.3. The Kier molecular flexibility index (Phi) is 12.2. The zero-order valence-corrected chi connectivity index (χ0v) is 31.9. The molecule has 0 saturated carbocycles. The van der Waals surface area contributed by atoms with E-state index in [-0.39, 0.29) is 23.9 Å². The van der Waals surface area contributed by atoms with Crippen LogP contribution < -0.4 is 4.90 Å². The average molecular weight is 804 g/mol. The summed E-state index contributed by atoms with van der Waals surface area (Å²) in [4.78, 5) is 24.5. The first-order valence-corrected chi connectivity index (χ1v) is 21.8. The van der Waals surface area contributed by atoms with Gasteiger partial charge in [-0.1, -0.05) is 23.7 Å². The Morgan fingerprint density at radius 3 is 2.02 bits per heavy atom. The van der Waals surface area contributed by atoms with E-state index < -0.39 is 41.6 Å². The highest BCUT2D eigenvalue weighted by Crippen LogP contribution is 2.45. The molecule has 1 aromatic heterocycles. The molecule has 16 nitrogen and oxygen atoms in total. The van der Waals surface area contributed by atoms with Crippen molar-refractivity contribution in [2.75, 3.05) is 83.0 Å². The molecule has 0 bridgehead atoms. The summed E-state index contributed by atoms with van der Waals surface area (Å²) in [6.45, 7) is 4.92. The average Bonchev–Trinajstić information content (AvgIpc) is 3.37. The fraction of sp³-hybridized carbons (Fsp3) is 0.500. The Morgan fingerprint density at radius 2 is 1.40 bits per heavy atom. The predicted octanol–water partition coefficient (Wildman–Crippen LogP) is 1.83. The number of amides is 1. The molecule has 4 aliphatic rings. The Morgan fingerprint density at radius 1 is 0.827 bits per heavy atom. The third-order valence-electron chi connectivity index (χ3n) is 9.07. The van der Waals surface area contributed by atoms with Crippen molar-refractivity contribution in [2.45, 2.75) is 29.1 Å². The molecule has 4 fully saturated rings. The summed E-state index contributed by atoms with van der Waals surface area (Å²) < 4.78 is 93.8. The van der Waals surface area contributed by atoms with Gasteiger partial charge in [-0.05, 0) is 60.0 Å². The maximum Gasteiger partial charge on any atom is 0.261 e. The minimum absolute atomic E-state index is 0.0763. The van der Waals surface area contributed by atoms with Crippen LogP contribution in [0.15, 0.2) is 65.8 Å². The molecular weight excluding hydrogens is 762 g/mol. The Bertz CT molecular complexity index is 2030. The molecule has 20 heteroatoms. The van der Waals surface area contributed by atoms with Gasteiger partial charge in [0, 0.05) is 55.8 Å². The standard InChI is InChI=1S/C30H34ClN5O5S.2CH4O3S/c31-25-3-1-24-18-27(4-2-23(24)17-25)42(38,39)35-19-28(37)36-20-29(7-11-34(12-8-29)26-5-9-32-10-6-26)41-30(36,22-35)21-33-13-15-40-16-14-33;2*1-5(2,3)4/h1-6,9-10,17-18H,7-8,11-16,19-22H2;2*1H3,(H,2,3,4). The number of hydrogen-bond donors (Lipinski definition) is 2.